The quantitative estimate of drug-likeness (QED) is 0.466. The highest BCUT2D eigenvalue weighted by Crippen LogP contribution is 2.27. The molecule has 7 nitrogen and oxygen atoms in total. The number of halogens is 2. The van der Waals surface area contributed by atoms with Gasteiger partial charge in [-0.15, -0.1) is 0 Å². The zero-order valence-electron chi connectivity index (χ0n) is 19.8. The molecular formula is C24H31Cl2N3O4S. The fourth-order valence-electron chi connectivity index (χ4n) is 3.42. The predicted octanol–water partition coefficient (Wildman–Crippen LogP) is 4.48. The summed E-state index contributed by atoms with van der Waals surface area (Å²) in [6.07, 6.45) is 2.08. The van der Waals surface area contributed by atoms with Gasteiger partial charge in [0.25, 0.3) is 0 Å². The van der Waals surface area contributed by atoms with Crippen molar-refractivity contribution in [3.05, 3.63) is 64.1 Å². The maximum absolute atomic E-state index is 13.6. The summed E-state index contributed by atoms with van der Waals surface area (Å²) in [5.74, 6) is -0.865. The van der Waals surface area contributed by atoms with Gasteiger partial charge in [-0.25, -0.2) is 8.42 Å². The standard InChI is InChI=1S/C24H31Cl2N3O4S/c1-5-17(3)27-24(31)22(6-2)28(15-19-20(25)13-10-14-21(19)26)23(30)16-29(34(4,32)33)18-11-8-7-9-12-18/h7-14,17,22H,5-6,15-16H2,1-4H3,(H,27,31)/t17-,22-/m0/s1. The van der Waals surface area contributed by atoms with Crippen LogP contribution in [0.25, 0.3) is 0 Å². The van der Waals surface area contributed by atoms with Gasteiger partial charge in [0.1, 0.15) is 12.6 Å². The molecule has 1 N–H and O–H groups in total. The zero-order valence-corrected chi connectivity index (χ0v) is 22.1. The number of hydrogen-bond acceptors (Lipinski definition) is 4. The first kappa shape index (κ1) is 28.0. The lowest BCUT2D eigenvalue weighted by Crippen LogP contribution is -2.53. The number of nitrogens with one attached hydrogen (secondary N) is 1. The summed E-state index contributed by atoms with van der Waals surface area (Å²) in [4.78, 5) is 28.1. The smallest absolute Gasteiger partial charge is 0.244 e. The van der Waals surface area contributed by atoms with E-state index in [0.717, 1.165) is 17.0 Å². The number of benzene rings is 2. The molecule has 0 fully saturated rings. The normalized spacial score (nSPS) is 13.1. The number of hydrogen-bond donors (Lipinski definition) is 1. The van der Waals surface area contributed by atoms with Gasteiger partial charge in [-0.05, 0) is 44.0 Å². The highest BCUT2D eigenvalue weighted by Gasteiger charge is 2.32. The molecule has 2 amide bonds. The first-order valence-electron chi connectivity index (χ1n) is 11.0. The second-order valence-electron chi connectivity index (χ2n) is 8.07. The molecule has 0 unspecified atom stereocenters. The fraction of sp³-hybridized carbons (Fsp3) is 0.417. The summed E-state index contributed by atoms with van der Waals surface area (Å²) in [6.45, 7) is 5.10. The Labute approximate surface area is 212 Å². The maximum Gasteiger partial charge on any atom is 0.244 e. The van der Waals surface area contributed by atoms with Crippen molar-refractivity contribution in [3.63, 3.8) is 0 Å². The summed E-state index contributed by atoms with van der Waals surface area (Å²) < 4.78 is 26.1. The lowest BCUT2D eigenvalue weighted by molar-refractivity contribution is -0.140. The molecule has 2 rings (SSSR count). The Morgan fingerprint density at radius 1 is 0.971 bits per heavy atom. The number of para-hydroxylation sites is 1. The number of carbonyl (C=O) groups excluding carboxylic acids is 2. The van der Waals surface area contributed by atoms with Crippen LogP contribution in [0.2, 0.25) is 10.0 Å². The Bertz CT molecular complexity index is 1080. The minimum absolute atomic E-state index is 0.0455. The van der Waals surface area contributed by atoms with Crippen LogP contribution in [0.15, 0.2) is 48.5 Å². The van der Waals surface area contributed by atoms with Gasteiger partial charge in [0, 0.05) is 28.2 Å². The van der Waals surface area contributed by atoms with Crippen molar-refractivity contribution >= 4 is 50.7 Å². The van der Waals surface area contributed by atoms with Gasteiger partial charge in [0.15, 0.2) is 0 Å². The Balaban J connectivity index is 2.48. The molecule has 0 heterocycles. The number of anilines is 1. The van der Waals surface area contributed by atoms with Gasteiger partial charge in [-0.2, -0.15) is 0 Å². The maximum atomic E-state index is 13.6. The predicted molar refractivity (Wildman–Crippen MR) is 138 cm³/mol. The van der Waals surface area contributed by atoms with Crippen LogP contribution in [0.5, 0.6) is 0 Å². The molecule has 10 heteroatoms. The molecule has 2 atom stereocenters. The van der Waals surface area contributed by atoms with Crippen LogP contribution in [0.4, 0.5) is 5.69 Å². The van der Waals surface area contributed by atoms with E-state index < -0.39 is 28.5 Å². The zero-order chi connectivity index (χ0) is 25.5. The lowest BCUT2D eigenvalue weighted by Gasteiger charge is -2.33. The number of sulfonamides is 1. The Morgan fingerprint density at radius 3 is 2.06 bits per heavy atom. The number of amides is 2. The van der Waals surface area contributed by atoms with Crippen LogP contribution in [0.1, 0.15) is 39.2 Å². The van der Waals surface area contributed by atoms with E-state index in [1.807, 2.05) is 13.8 Å². The average molecular weight is 529 g/mol. The van der Waals surface area contributed by atoms with Crippen LogP contribution in [0.3, 0.4) is 0 Å². The Hall–Kier alpha value is -2.29. The number of rotatable bonds is 11. The van der Waals surface area contributed by atoms with Gasteiger partial charge < -0.3 is 10.2 Å². The molecular weight excluding hydrogens is 497 g/mol. The Kier molecular flexibility index (Phi) is 10.2. The summed E-state index contributed by atoms with van der Waals surface area (Å²) in [7, 11) is -3.78. The van der Waals surface area contributed by atoms with Gasteiger partial charge >= 0.3 is 0 Å². The van der Waals surface area contributed by atoms with E-state index in [1.54, 1.807) is 55.5 Å². The minimum Gasteiger partial charge on any atom is -0.352 e. The summed E-state index contributed by atoms with van der Waals surface area (Å²) in [5, 5.41) is 3.62. The average Bonchev–Trinajstić information content (AvgIpc) is 2.78. The number of carbonyl (C=O) groups is 2. The minimum atomic E-state index is -3.78. The monoisotopic (exact) mass is 527 g/mol. The van der Waals surface area contributed by atoms with E-state index in [-0.39, 0.29) is 18.5 Å². The Morgan fingerprint density at radius 2 is 1.56 bits per heavy atom. The molecule has 0 aliphatic rings. The van der Waals surface area contributed by atoms with Crippen molar-refractivity contribution in [2.45, 2.75) is 52.2 Å². The topological polar surface area (TPSA) is 86.8 Å². The summed E-state index contributed by atoms with van der Waals surface area (Å²) >= 11 is 12.7. The van der Waals surface area contributed by atoms with Crippen LogP contribution < -0.4 is 9.62 Å². The highest BCUT2D eigenvalue weighted by atomic mass is 35.5. The molecule has 0 saturated heterocycles. The van der Waals surface area contributed by atoms with E-state index in [4.69, 9.17) is 23.2 Å². The van der Waals surface area contributed by atoms with Crippen molar-refractivity contribution in [1.82, 2.24) is 10.2 Å². The van der Waals surface area contributed by atoms with Crippen molar-refractivity contribution in [2.75, 3.05) is 17.1 Å². The van der Waals surface area contributed by atoms with Gasteiger partial charge in [-0.1, -0.05) is 61.3 Å². The molecule has 0 saturated carbocycles. The third-order valence-electron chi connectivity index (χ3n) is 5.50. The van der Waals surface area contributed by atoms with Crippen molar-refractivity contribution in [2.24, 2.45) is 0 Å². The van der Waals surface area contributed by atoms with Crippen LogP contribution in [-0.4, -0.2) is 50.0 Å². The second kappa shape index (κ2) is 12.4. The molecule has 0 aliphatic carbocycles. The van der Waals surface area contributed by atoms with Crippen LogP contribution >= 0.6 is 23.2 Å². The fourth-order valence-corrected chi connectivity index (χ4v) is 4.79. The molecule has 0 aliphatic heterocycles. The molecule has 0 spiro atoms. The SMILES string of the molecule is CC[C@H](C)NC(=O)[C@H](CC)N(Cc1c(Cl)cccc1Cl)C(=O)CN(c1ccccc1)S(C)(=O)=O. The summed E-state index contributed by atoms with van der Waals surface area (Å²) in [6, 6.07) is 12.4. The summed E-state index contributed by atoms with van der Waals surface area (Å²) in [5.41, 5.74) is 0.839. The first-order valence-corrected chi connectivity index (χ1v) is 13.6. The van der Waals surface area contributed by atoms with Gasteiger partial charge in [0.05, 0.1) is 11.9 Å². The van der Waals surface area contributed by atoms with E-state index in [0.29, 0.717) is 27.7 Å². The molecule has 0 radical (unpaired) electrons. The highest BCUT2D eigenvalue weighted by molar-refractivity contribution is 7.92. The van der Waals surface area contributed by atoms with Gasteiger partial charge in [-0.3, -0.25) is 13.9 Å². The molecule has 2 aromatic rings. The van der Waals surface area contributed by atoms with E-state index in [1.165, 1.54) is 4.90 Å². The molecule has 0 bridgehead atoms. The first-order chi connectivity index (χ1) is 16.0. The van der Waals surface area contributed by atoms with Crippen LogP contribution in [0, 0.1) is 0 Å². The van der Waals surface area contributed by atoms with Crippen LogP contribution in [-0.2, 0) is 26.2 Å². The van der Waals surface area contributed by atoms with Crippen molar-refractivity contribution in [1.29, 1.82) is 0 Å². The molecule has 0 aromatic heterocycles. The molecule has 2 aromatic carbocycles. The van der Waals surface area contributed by atoms with Crippen molar-refractivity contribution in [3.8, 4) is 0 Å². The van der Waals surface area contributed by atoms with Gasteiger partial charge in [0.2, 0.25) is 21.8 Å². The van der Waals surface area contributed by atoms with Crippen molar-refractivity contribution < 1.29 is 18.0 Å². The number of nitrogens with zero attached hydrogens (tertiary/aromatic N) is 2. The third-order valence-corrected chi connectivity index (χ3v) is 7.35. The van der Waals surface area contributed by atoms with E-state index in [2.05, 4.69) is 5.32 Å². The molecule has 186 valence electrons. The largest absolute Gasteiger partial charge is 0.352 e. The lowest BCUT2D eigenvalue weighted by atomic mass is 10.1. The molecule has 34 heavy (non-hydrogen) atoms. The second-order valence-corrected chi connectivity index (χ2v) is 10.8. The van der Waals surface area contributed by atoms with E-state index in [9.17, 15) is 18.0 Å². The van der Waals surface area contributed by atoms with E-state index >= 15 is 0 Å². The third kappa shape index (κ3) is 7.35.